The monoisotopic (exact) mass is 225 g/mol. The Hall–Kier alpha value is -0.900. The van der Waals surface area contributed by atoms with Crippen molar-refractivity contribution in [3.8, 4) is 0 Å². The molecule has 1 rings (SSSR count). The molecule has 1 aromatic heterocycles. The van der Waals surface area contributed by atoms with Gasteiger partial charge in [0.05, 0.1) is 0 Å². The summed E-state index contributed by atoms with van der Waals surface area (Å²) < 4.78 is 2.27. The Bertz CT molecular complexity index is 317. The first-order valence-electron chi connectivity index (χ1n) is 5.00. The van der Waals surface area contributed by atoms with Crippen LogP contribution in [-0.4, -0.2) is 27.1 Å². The predicted molar refractivity (Wildman–Crippen MR) is 68.5 cm³/mol. The molecule has 0 fully saturated rings. The SMILES string of the molecule is C=CCn1ccnc1NCC(C)(C)SC. The van der Waals surface area contributed by atoms with E-state index in [2.05, 4.69) is 37.0 Å². The number of hydrogen-bond donors (Lipinski definition) is 1. The average molecular weight is 225 g/mol. The first-order valence-corrected chi connectivity index (χ1v) is 6.22. The molecular formula is C11H19N3S. The molecular weight excluding hydrogens is 206 g/mol. The molecule has 0 bridgehead atoms. The van der Waals surface area contributed by atoms with Gasteiger partial charge in [-0.3, -0.25) is 0 Å². The molecule has 1 N–H and O–H groups in total. The molecule has 1 aromatic rings. The molecule has 4 heteroatoms. The van der Waals surface area contributed by atoms with Gasteiger partial charge in [-0.2, -0.15) is 11.8 Å². The molecule has 15 heavy (non-hydrogen) atoms. The Morgan fingerprint density at radius 3 is 3.00 bits per heavy atom. The van der Waals surface area contributed by atoms with E-state index in [9.17, 15) is 0 Å². The number of rotatable bonds is 6. The van der Waals surface area contributed by atoms with Crippen LogP contribution < -0.4 is 5.32 Å². The summed E-state index contributed by atoms with van der Waals surface area (Å²) >= 11 is 1.85. The molecule has 0 amide bonds. The molecule has 0 spiro atoms. The van der Waals surface area contributed by atoms with Crippen molar-refractivity contribution in [3.05, 3.63) is 25.0 Å². The van der Waals surface area contributed by atoms with Crippen LogP contribution in [0.5, 0.6) is 0 Å². The van der Waals surface area contributed by atoms with Crippen LogP contribution in [0, 0.1) is 0 Å². The van der Waals surface area contributed by atoms with Crippen molar-refractivity contribution in [1.29, 1.82) is 0 Å². The number of thioether (sulfide) groups is 1. The Morgan fingerprint density at radius 2 is 2.40 bits per heavy atom. The number of hydrogen-bond acceptors (Lipinski definition) is 3. The highest BCUT2D eigenvalue weighted by Crippen LogP contribution is 2.21. The van der Waals surface area contributed by atoms with Crippen molar-refractivity contribution in [2.75, 3.05) is 18.1 Å². The number of nitrogens with one attached hydrogen (secondary N) is 1. The van der Waals surface area contributed by atoms with Crippen molar-refractivity contribution >= 4 is 17.7 Å². The van der Waals surface area contributed by atoms with Gasteiger partial charge >= 0.3 is 0 Å². The zero-order valence-corrected chi connectivity index (χ0v) is 10.5. The summed E-state index contributed by atoms with van der Waals surface area (Å²) in [5, 5.41) is 3.35. The lowest BCUT2D eigenvalue weighted by atomic mass is 10.2. The third-order valence-electron chi connectivity index (χ3n) is 2.27. The van der Waals surface area contributed by atoms with Crippen molar-refractivity contribution in [2.45, 2.75) is 25.1 Å². The highest BCUT2D eigenvalue weighted by Gasteiger charge is 2.16. The van der Waals surface area contributed by atoms with E-state index < -0.39 is 0 Å². The van der Waals surface area contributed by atoms with E-state index in [0.29, 0.717) is 0 Å². The smallest absolute Gasteiger partial charge is 0.203 e. The summed E-state index contributed by atoms with van der Waals surface area (Å²) in [7, 11) is 0. The third-order valence-corrected chi connectivity index (χ3v) is 3.52. The second-order valence-corrected chi connectivity index (χ2v) is 5.52. The molecule has 0 atom stereocenters. The van der Waals surface area contributed by atoms with E-state index in [0.717, 1.165) is 19.0 Å². The maximum absolute atomic E-state index is 4.27. The minimum atomic E-state index is 0.227. The van der Waals surface area contributed by atoms with Crippen molar-refractivity contribution in [3.63, 3.8) is 0 Å². The molecule has 0 aliphatic carbocycles. The van der Waals surface area contributed by atoms with E-state index in [-0.39, 0.29) is 4.75 Å². The van der Waals surface area contributed by atoms with Crippen LogP contribution in [0.3, 0.4) is 0 Å². The third kappa shape index (κ3) is 3.63. The van der Waals surface area contributed by atoms with Gasteiger partial charge in [-0.15, -0.1) is 6.58 Å². The summed E-state index contributed by atoms with van der Waals surface area (Å²) in [6.45, 7) is 9.85. The molecule has 0 radical (unpaired) electrons. The largest absolute Gasteiger partial charge is 0.354 e. The second-order valence-electron chi connectivity index (χ2n) is 4.01. The maximum atomic E-state index is 4.27. The quantitative estimate of drug-likeness (QED) is 0.755. The lowest BCUT2D eigenvalue weighted by molar-refractivity contribution is 0.732. The fourth-order valence-corrected chi connectivity index (χ4v) is 1.34. The van der Waals surface area contributed by atoms with E-state index in [1.807, 2.05) is 28.6 Å². The minimum Gasteiger partial charge on any atom is -0.354 e. The highest BCUT2D eigenvalue weighted by atomic mass is 32.2. The fourth-order valence-electron chi connectivity index (χ4n) is 1.13. The Kier molecular flexibility index (Phi) is 4.27. The fraction of sp³-hybridized carbons (Fsp3) is 0.545. The molecule has 3 nitrogen and oxygen atoms in total. The molecule has 0 saturated heterocycles. The average Bonchev–Trinajstić information content (AvgIpc) is 2.64. The first kappa shape index (κ1) is 12.2. The molecule has 0 aliphatic rings. The molecule has 0 unspecified atom stereocenters. The second kappa shape index (κ2) is 5.26. The van der Waals surface area contributed by atoms with Crippen molar-refractivity contribution in [1.82, 2.24) is 9.55 Å². The van der Waals surface area contributed by atoms with E-state index in [4.69, 9.17) is 0 Å². The van der Waals surface area contributed by atoms with Gasteiger partial charge in [0.2, 0.25) is 5.95 Å². The summed E-state index contributed by atoms with van der Waals surface area (Å²) in [6, 6.07) is 0. The van der Waals surface area contributed by atoms with Crippen LogP contribution in [0.2, 0.25) is 0 Å². The number of nitrogens with zero attached hydrogens (tertiary/aromatic N) is 2. The van der Waals surface area contributed by atoms with Crippen molar-refractivity contribution < 1.29 is 0 Å². The van der Waals surface area contributed by atoms with E-state index in [1.54, 1.807) is 6.20 Å². The summed E-state index contributed by atoms with van der Waals surface area (Å²) in [6.07, 6.45) is 7.75. The topological polar surface area (TPSA) is 29.9 Å². The Labute approximate surface area is 96.0 Å². The van der Waals surface area contributed by atoms with Gasteiger partial charge in [-0.05, 0) is 20.1 Å². The van der Waals surface area contributed by atoms with Gasteiger partial charge in [0.1, 0.15) is 0 Å². The molecule has 0 aromatic carbocycles. The predicted octanol–water partition coefficient (Wildman–Crippen LogP) is 2.62. The van der Waals surface area contributed by atoms with Gasteiger partial charge in [0, 0.05) is 30.2 Å². The van der Waals surface area contributed by atoms with E-state index in [1.165, 1.54) is 0 Å². The molecule has 0 saturated carbocycles. The van der Waals surface area contributed by atoms with Crippen LogP contribution >= 0.6 is 11.8 Å². The molecule has 84 valence electrons. The zero-order chi connectivity index (χ0) is 11.3. The van der Waals surface area contributed by atoms with Gasteiger partial charge in [-0.25, -0.2) is 4.98 Å². The van der Waals surface area contributed by atoms with Crippen molar-refractivity contribution in [2.24, 2.45) is 0 Å². The molecule has 1 heterocycles. The highest BCUT2D eigenvalue weighted by molar-refractivity contribution is 7.99. The number of imidazole rings is 1. The lowest BCUT2D eigenvalue weighted by Crippen LogP contribution is -2.27. The maximum Gasteiger partial charge on any atom is 0.203 e. The summed E-state index contributed by atoms with van der Waals surface area (Å²) in [5.41, 5.74) is 0. The number of aromatic nitrogens is 2. The number of allylic oxidation sites excluding steroid dienone is 1. The van der Waals surface area contributed by atoms with Gasteiger partial charge < -0.3 is 9.88 Å². The van der Waals surface area contributed by atoms with Crippen LogP contribution in [0.1, 0.15) is 13.8 Å². The minimum absolute atomic E-state index is 0.227. The van der Waals surface area contributed by atoms with Crippen LogP contribution in [0.4, 0.5) is 5.95 Å². The first-order chi connectivity index (χ1) is 7.09. The zero-order valence-electron chi connectivity index (χ0n) is 9.66. The van der Waals surface area contributed by atoms with Gasteiger partial charge in [0.15, 0.2) is 0 Å². The van der Waals surface area contributed by atoms with E-state index >= 15 is 0 Å². The standard InChI is InChI=1S/C11H19N3S/c1-5-7-14-8-6-12-10(14)13-9-11(2,3)15-4/h5-6,8H,1,7,9H2,2-4H3,(H,12,13). The van der Waals surface area contributed by atoms with Gasteiger partial charge in [-0.1, -0.05) is 6.08 Å². The lowest BCUT2D eigenvalue weighted by Gasteiger charge is -2.22. The summed E-state index contributed by atoms with van der Waals surface area (Å²) in [4.78, 5) is 4.27. The summed E-state index contributed by atoms with van der Waals surface area (Å²) in [5.74, 6) is 0.914. The van der Waals surface area contributed by atoms with Gasteiger partial charge in [0.25, 0.3) is 0 Å². The Morgan fingerprint density at radius 1 is 1.67 bits per heavy atom. The normalized spacial score (nSPS) is 11.4. The molecule has 0 aliphatic heterocycles. The number of anilines is 1. The van der Waals surface area contributed by atoms with Crippen LogP contribution in [0.15, 0.2) is 25.0 Å². The van der Waals surface area contributed by atoms with Crippen LogP contribution in [-0.2, 0) is 6.54 Å². The Balaban J connectivity index is 2.57. The van der Waals surface area contributed by atoms with Crippen LogP contribution in [0.25, 0.3) is 0 Å².